The van der Waals surface area contributed by atoms with Crippen molar-refractivity contribution in [2.75, 3.05) is 12.3 Å². The summed E-state index contributed by atoms with van der Waals surface area (Å²) in [5, 5.41) is 13.4. The second kappa shape index (κ2) is 4.18. The SMILES string of the molecule is C[C@H]1C[C@H](c2cnc3c(N)ncnn23)O[C@@H]1CO. The van der Waals surface area contributed by atoms with Crippen molar-refractivity contribution in [3.8, 4) is 0 Å². The van der Waals surface area contributed by atoms with E-state index in [0.717, 1.165) is 12.1 Å². The molecule has 3 heterocycles. The van der Waals surface area contributed by atoms with E-state index < -0.39 is 0 Å². The van der Waals surface area contributed by atoms with Gasteiger partial charge in [0.1, 0.15) is 12.4 Å². The van der Waals surface area contributed by atoms with Crippen LogP contribution < -0.4 is 5.73 Å². The van der Waals surface area contributed by atoms with Crippen molar-refractivity contribution in [3.63, 3.8) is 0 Å². The van der Waals surface area contributed by atoms with E-state index in [2.05, 4.69) is 22.0 Å². The Morgan fingerprint density at radius 2 is 2.39 bits per heavy atom. The molecule has 1 aliphatic heterocycles. The number of hydrogen-bond donors (Lipinski definition) is 2. The molecule has 0 amide bonds. The van der Waals surface area contributed by atoms with Gasteiger partial charge < -0.3 is 15.6 Å². The minimum absolute atomic E-state index is 0.0333. The number of aliphatic hydroxyl groups is 1. The first kappa shape index (κ1) is 11.4. The number of nitrogen functional groups attached to an aromatic ring is 1. The third-order valence-electron chi connectivity index (χ3n) is 3.43. The van der Waals surface area contributed by atoms with E-state index >= 15 is 0 Å². The maximum absolute atomic E-state index is 9.22. The van der Waals surface area contributed by atoms with E-state index in [-0.39, 0.29) is 18.8 Å². The van der Waals surface area contributed by atoms with Crippen LogP contribution in [0.15, 0.2) is 12.5 Å². The lowest BCUT2D eigenvalue weighted by Crippen LogP contribution is -2.17. The Hall–Kier alpha value is -1.73. The number of anilines is 1. The molecule has 0 bridgehead atoms. The van der Waals surface area contributed by atoms with Gasteiger partial charge in [0.2, 0.25) is 0 Å². The van der Waals surface area contributed by atoms with Gasteiger partial charge in [0.15, 0.2) is 11.5 Å². The summed E-state index contributed by atoms with van der Waals surface area (Å²) in [7, 11) is 0. The van der Waals surface area contributed by atoms with Gasteiger partial charge in [-0.05, 0) is 12.3 Å². The molecule has 3 rings (SSSR count). The predicted molar refractivity (Wildman–Crippen MR) is 63.7 cm³/mol. The van der Waals surface area contributed by atoms with Crippen molar-refractivity contribution in [3.05, 3.63) is 18.2 Å². The molecule has 7 heteroatoms. The first-order valence-corrected chi connectivity index (χ1v) is 5.91. The average Bonchev–Trinajstić information content (AvgIpc) is 2.93. The number of rotatable bonds is 2. The van der Waals surface area contributed by atoms with Gasteiger partial charge in [0, 0.05) is 0 Å². The van der Waals surface area contributed by atoms with Gasteiger partial charge in [-0.15, -0.1) is 0 Å². The van der Waals surface area contributed by atoms with Gasteiger partial charge in [-0.1, -0.05) is 6.92 Å². The molecule has 3 N–H and O–H groups in total. The van der Waals surface area contributed by atoms with Gasteiger partial charge >= 0.3 is 0 Å². The highest BCUT2D eigenvalue weighted by molar-refractivity contribution is 5.58. The zero-order valence-electron chi connectivity index (χ0n) is 10.0. The molecule has 1 saturated heterocycles. The number of hydrogen-bond acceptors (Lipinski definition) is 6. The molecule has 1 aliphatic rings. The maximum atomic E-state index is 9.22. The van der Waals surface area contributed by atoms with Crippen molar-refractivity contribution in [1.29, 1.82) is 0 Å². The van der Waals surface area contributed by atoms with E-state index in [1.807, 2.05) is 0 Å². The zero-order valence-corrected chi connectivity index (χ0v) is 10.0. The molecule has 3 atom stereocenters. The Kier molecular flexibility index (Phi) is 2.64. The third kappa shape index (κ3) is 1.63. The highest BCUT2D eigenvalue weighted by atomic mass is 16.5. The van der Waals surface area contributed by atoms with Crippen LogP contribution in [0.3, 0.4) is 0 Å². The second-order valence-electron chi connectivity index (χ2n) is 4.62. The molecule has 1 fully saturated rings. The van der Waals surface area contributed by atoms with Crippen LogP contribution in [0.2, 0.25) is 0 Å². The second-order valence-corrected chi connectivity index (χ2v) is 4.62. The smallest absolute Gasteiger partial charge is 0.196 e. The Labute approximate surface area is 104 Å². The van der Waals surface area contributed by atoms with E-state index in [9.17, 15) is 5.11 Å². The quantitative estimate of drug-likeness (QED) is 0.787. The van der Waals surface area contributed by atoms with Crippen LogP contribution in [0.5, 0.6) is 0 Å². The van der Waals surface area contributed by atoms with Crippen molar-refractivity contribution >= 4 is 11.5 Å². The largest absolute Gasteiger partial charge is 0.394 e. The van der Waals surface area contributed by atoms with E-state index in [1.165, 1.54) is 6.33 Å². The van der Waals surface area contributed by atoms with Crippen LogP contribution in [-0.2, 0) is 4.74 Å². The summed E-state index contributed by atoms with van der Waals surface area (Å²) in [6.07, 6.45) is 3.71. The minimum atomic E-state index is -0.125. The van der Waals surface area contributed by atoms with Gasteiger partial charge in [-0.3, -0.25) is 0 Å². The average molecular weight is 249 g/mol. The number of nitrogens with zero attached hydrogens (tertiary/aromatic N) is 4. The summed E-state index contributed by atoms with van der Waals surface area (Å²) in [4.78, 5) is 8.11. The number of nitrogens with two attached hydrogens (primary N) is 1. The molecule has 2 aromatic rings. The fourth-order valence-corrected chi connectivity index (χ4v) is 2.38. The minimum Gasteiger partial charge on any atom is -0.394 e. The van der Waals surface area contributed by atoms with Gasteiger partial charge in [0.25, 0.3) is 0 Å². The summed E-state index contributed by atoms with van der Waals surface area (Å²) in [6.45, 7) is 2.10. The number of ether oxygens (including phenoxy) is 1. The molecule has 0 saturated carbocycles. The summed E-state index contributed by atoms with van der Waals surface area (Å²) >= 11 is 0. The van der Waals surface area contributed by atoms with Gasteiger partial charge in [0.05, 0.1) is 24.6 Å². The van der Waals surface area contributed by atoms with Crippen LogP contribution in [0.25, 0.3) is 5.65 Å². The fraction of sp³-hybridized carbons (Fsp3) is 0.545. The van der Waals surface area contributed by atoms with E-state index in [1.54, 1.807) is 10.7 Å². The third-order valence-corrected chi connectivity index (χ3v) is 3.43. The van der Waals surface area contributed by atoms with Crippen molar-refractivity contribution < 1.29 is 9.84 Å². The van der Waals surface area contributed by atoms with E-state index in [4.69, 9.17) is 10.5 Å². The normalized spacial score (nSPS) is 28.0. The van der Waals surface area contributed by atoms with Crippen LogP contribution in [0.4, 0.5) is 5.82 Å². The standard InChI is InChI=1S/C11H15N5O2/c1-6-2-8(18-9(6)4-17)7-3-13-11-10(12)14-5-15-16(7)11/h3,5-6,8-9,17H,2,4H2,1H3,(H2,12,14,15)/t6-,8+,9+/m0/s1. The number of aromatic nitrogens is 4. The molecule has 0 aromatic carbocycles. The maximum Gasteiger partial charge on any atom is 0.196 e. The lowest BCUT2D eigenvalue weighted by molar-refractivity contribution is -0.00129. The van der Waals surface area contributed by atoms with E-state index in [0.29, 0.717) is 17.4 Å². The molecule has 96 valence electrons. The molecule has 0 radical (unpaired) electrons. The van der Waals surface area contributed by atoms with Gasteiger partial charge in [-0.2, -0.15) is 5.10 Å². The lowest BCUT2D eigenvalue weighted by Gasteiger charge is -2.11. The van der Waals surface area contributed by atoms with Crippen molar-refractivity contribution in [2.24, 2.45) is 5.92 Å². The molecule has 18 heavy (non-hydrogen) atoms. The number of fused-ring (bicyclic) bond motifs is 1. The Morgan fingerprint density at radius 3 is 3.11 bits per heavy atom. The van der Waals surface area contributed by atoms with Crippen LogP contribution in [0, 0.1) is 5.92 Å². The molecule has 2 aromatic heterocycles. The summed E-state index contributed by atoms with van der Waals surface area (Å²) in [6, 6.07) is 0. The van der Waals surface area contributed by atoms with Crippen LogP contribution >= 0.6 is 0 Å². The van der Waals surface area contributed by atoms with Crippen molar-refractivity contribution in [2.45, 2.75) is 25.6 Å². The number of aliphatic hydroxyl groups excluding tert-OH is 1. The first-order chi connectivity index (χ1) is 8.70. The predicted octanol–water partition coefficient (Wildman–Crippen LogP) is 0.165. The van der Waals surface area contributed by atoms with Crippen LogP contribution in [-0.4, -0.2) is 37.4 Å². The molecular weight excluding hydrogens is 234 g/mol. The van der Waals surface area contributed by atoms with Crippen molar-refractivity contribution in [1.82, 2.24) is 19.6 Å². The lowest BCUT2D eigenvalue weighted by atomic mass is 10.0. The summed E-state index contributed by atoms with van der Waals surface area (Å²) in [5.41, 5.74) is 7.12. The highest BCUT2D eigenvalue weighted by Crippen LogP contribution is 2.36. The molecular formula is C11H15N5O2. The topological polar surface area (TPSA) is 98.6 Å². The summed E-state index contributed by atoms with van der Waals surface area (Å²) in [5.74, 6) is 0.658. The molecule has 7 nitrogen and oxygen atoms in total. The Bertz CT molecular complexity index is 570. The summed E-state index contributed by atoms with van der Waals surface area (Å²) < 4.78 is 7.46. The number of imidazole rings is 1. The zero-order chi connectivity index (χ0) is 12.7. The highest BCUT2D eigenvalue weighted by Gasteiger charge is 2.34. The monoisotopic (exact) mass is 249 g/mol. The molecule has 0 unspecified atom stereocenters. The fourth-order valence-electron chi connectivity index (χ4n) is 2.38. The van der Waals surface area contributed by atoms with Gasteiger partial charge in [-0.25, -0.2) is 14.5 Å². The Balaban J connectivity index is 1.99. The molecule has 0 spiro atoms. The first-order valence-electron chi connectivity index (χ1n) is 5.91. The Morgan fingerprint density at radius 1 is 1.56 bits per heavy atom. The molecule has 0 aliphatic carbocycles. The van der Waals surface area contributed by atoms with Crippen LogP contribution in [0.1, 0.15) is 25.1 Å².